The van der Waals surface area contributed by atoms with Crippen molar-refractivity contribution in [2.75, 3.05) is 0 Å². The van der Waals surface area contributed by atoms with Crippen LogP contribution in [-0.4, -0.2) is 11.8 Å². The van der Waals surface area contributed by atoms with E-state index in [4.69, 9.17) is 23.2 Å². The van der Waals surface area contributed by atoms with E-state index in [1.54, 1.807) is 36.4 Å². The number of hydrogen-bond donors (Lipinski definition) is 2. The van der Waals surface area contributed by atoms with Crippen molar-refractivity contribution < 1.29 is 9.59 Å². The van der Waals surface area contributed by atoms with Gasteiger partial charge in [-0.2, -0.15) is 0 Å². The van der Waals surface area contributed by atoms with Gasteiger partial charge in [0, 0.05) is 12.0 Å². The van der Waals surface area contributed by atoms with Crippen LogP contribution in [-0.2, 0) is 11.2 Å². The predicted octanol–water partition coefficient (Wildman–Crippen LogP) is 3.78. The topological polar surface area (TPSA) is 58.2 Å². The first-order valence-corrected chi connectivity index (χ1v) is 7.90. The Morgan fingerprint density at radius 2 is 1.65 bits per heavy atom. The highest BCUT2D eigenvalue weighted by atomic mass is 35.5. The molecule has 0 atom stereocenters. The van der Waals surface area contributed by atoms with Crippen molar-refractivity contribution >= 4 is 35.0 Å². The summed E-state index contributed by atoms with van der Waals surface area (Å²) in [7, 11) is 0. The Morgan fingerprint density at radius 3 is 2.35 bits per heavy atom. The number of halogens is 2. The van der Waals surface area contributed by atoms with Crippen LogP contribution in [0.2, 0.25) is 10.0 Å². The molecular weight excluding hydrogens is 335 g/mol. The Hall–Kier alpha value is -2.04. The molecule has 2 amide bonds. The molecule has 0 spiro atoms. The van der Waals surface area contributed by atoms with Gasteiger partial charge in [-0.15, -0.1) is 0 Å². The van der Waals surface area contributed by atoms with Crippen LogP contribution in [0.4, 0.5) is 0 Å². The van der Waals surface area contributed by atoms with Gasteiger partial charge in [0.25, 0.3) is 5.91 Å². The van der Waals surface area contributed by atoms with E-state index in [1.165, 1.54) is 0 Å². The molecule has 0 radical (unpaired) electrons. The van der Waals surface area contributed by atoms with Gasteiger partial charge < -0.3 is 0 Å². The minimum atomic E-state index is -0.344. The SMILES string of the molecule is O=C(CCCc1ccc(Cl)c(Cl)c1)NNC(=O)c1ccccc1. The fraction of sp³-hybridized carbons (Fsp3) is 0.176. The number of rotatable bonds is 5. The Bertz CT molecular complexity index is 690. The minimum absolute atomic E-state index is 0.241. The Labute approximate surface area is 144 Å². The predicted molar refractivity (Wildman–Crippen MR) is 91.5 cm³/mol. The van der Waals surface area contributed by atoms with Gasteiger partial charge >= 0.3 is 0 Å². The van der Waals surface area contributed by atoms with Crippen molar-refractivity contribution in [1.29, 1.82) is 0 Å². The molecule has 0 saturated heterocycles. The third-order valence-electron chi connectivity index (χ3n) is 3.20. The molecule has 2 N–H and O–H groups in total. The van der Waals surface area contributed by atoms with Crippen LogP contribution in [0.5, 0.6) is 0 Å². The summed E-state index contributed by atoms with van der Waals surface area (Å²) in [4.78, 5) is 23.5. The summed E-state index contributed by atoms with van der Waals surface area (Å²) in [6.45, 7) is 0. The molecule has 4 nitrogen and oxygen atoms in total. The van der Waals surface area contributed by atoms with Crippen molar-refractivity contribution in [2.24, 2.45) is 0 Å². The first-order valence-electron chi connectivity index (χ1n) is 7.14. The van der Waals surface area contributed by atoms with Crippen molar-refractivity contribution in [2.45, 2.75) is 19.3 Å². The largest absolute Gasteiger partial charge is 0.273 e. The number of carbonyl (C=O) groups is 2. The molecule has 23 heavy (non-hydrogen) atoms. The molecule has 0 aliphatic rings. The molecule has 0 aliphatic heterocycles. The van der Waals surface area contributed by atoms with Crippen molar-refractivity contribution in [3.8, 4) is 0 Å². The van der Waals surface area contributed by atoms with E-state index in [0.717, 1.165) is 5.56 Å². The Kier molecular flexibility index (Phi) is 6.44. The smallest absolute Gasteiger partial charge is 0.269 e. The average molecular weight is 351 g/mol. The standard InChI is InChI=1S/C17H16Cl2N2O2/c18-14-10-9-12(11-15(14)19)5-4-8-16(22)20-21-17(23)13-6-2-1-3-7-13/h1-3,6-7,9-11H,4-5,8H2,(H,20,22)(H,21,23). The Balaban J connectivity index is 1.71. The number of nitrogens with one attached hydrogen (secondary N) is 2. The first-order chi connectivity index (χ1) is 11.1. The third kappa shape index (κ3) is 5.58. The number of amides is 2. The first kappa shape index (κ1) is 17.3. The van der Waals surface area contributed by atoms with E-state index in [-0.39, 0.29) is 11.8 Å². The van der Waals surface area contributed by atoms with E-state index in [9.17, 15) is 9.59 Å². The molecule has 0 aliphatic carbocycles. The molecule has 0 unspecified atom stereocenters. The maximum Gasteiger partial charge on any atom is 0.269 e. The molecule has 2 aromatic rings. The molecular formula is C17H16Cl2N2O2. The fourth-order valence-corrected chi connectivity index (χ4v) is 2.32. The summed E-state index contributed by atoms with van der Waals surface area (Å²) in [5.74, 6) is -0.585. The summed E-state index contributed by atoms with van der Waals surface area (Å²) in [6, 6.07) is 14.1. The van der Waals surface area contributed by atoms with E-state index >= 15 is 0 Å². The van der Waals surface area contributed by atoms with E-state index < -0.39 is 0 Å². The monoisotopic (exact) mass is 350 g/mol. The van der Waals surface area contributed by atoms with Gasteiger partial charge in [0.2, 0.25) is 5.91 Å². The molecule has 6 heteroatoms. The summed E-state index contributed by atoms with van der Waals surface area (Å²) in [6.07, 6.45) is 1.65. The summed E-state index contributed by atoms with van der Waals surface area (Å²) in [5.41, 5.74) is 6.29. The molecule has 0 saturated carbocycles. The number of carbonyl (C=O) groups excluding carboxylic acids is 2. The summed E-state index contributed by atoms with van der Waals surface area (Å²) < 4.78 is 0. The molecule has 2 aromatic carbocycles. The number of hydrogen-bond acceptors (Lipinski definition) is 2. The highest BCUT2D eigenvalue weighted by molar-refractivity contribution is 6.42. The third-order valence-corrected chi connectivity index (χ3v) is 3.94. The zero-order chi connectivity index (χ0) is 16.7. The average Bonchev–Trinajstić information content (AvgIpc) is 2.56. The van der Waals surface area contributed by atoms with Crippen LogP contribution < -0.4 is 10.9 Å². The maximum absolute atomic E-state index is 11.8. The zero-order valence-corrected chi connectivity index (χ0v) is 13.8. The fourth-order valence-electron chi connectivity index (χ4n) is 2.00. The Morgan fingerprint density at radius 1 is 0.913 bits per heavy atom. The lowest BCUT2D eigenvalue weighted by molar-refractivity contribution is -0.121. The van der Waals surface area contributed by atoms with Crippen molar-refractivity contribution in [3.63, 3.8) is 0 Å². The lowest BCUT2D eigenvalue weighted by atomic mass is 10.1. The second-order valence-corrected chi connectivity index (χ2v) is 5.78. The number of aryl methyl sites for hydroxylation is 1. The molecule has 2 rings (SSSR count). The molecule has 120 valence electrons. The van der Waals surface area contributed by atoms with Crippen LogP contribution in [0.25, 0.3) is 0 Å². The quantitative estimate of drug-likeness (QED) is 0.806. The van der Waals surface area contributed by atoms with Crippen LogP contribution in [0, 0.1) is 0 Å². The van der Waals surface area contributed by atoms with E-state index in [2.05, 4.69) is 10.9 Å². The van der Waals surface area contributed by atoms with Gasteiger partial charge in [-0.25, -0.2) is 0 Å². The number of benzene rings is 2. The van der Waals surface area contributed by atoms with Gasteiger partial charge in [-0.3, -0.25) is 20.4 Å². The van der Waals surface area contributed by atoms with Crippen LogP contribution >= 0.6 is 23.2 Å². The molecule has 0 heterocycles. The highest BCUT2D eigenvalue weighted by Gasteiger charge is 2.07. The van der Waals surface area contributed by atoms with Crippen LogP contribution in [0.15, 0.2) is 48.5 Å². The van der Waals surface area contributed by atoms with Gasteiger partial charge in [-0.1, -0.05) is 47.5 Å². The van der Waals surface area contributed by atoms with Crippen LogP contribution in [0.1, 0.15) is 28.8 Å². The maximum atomic E-state index is 11.8. The zero-order valence-electron chi connectivity index (χ0n) is 12.3. The summed E-state index contributed by atoms with van der Waals surface area (Å²) in [5, 5.41) is 1.01. The van der Waals surface area contributed by atoms with Gasteiger partial charge in [0.15, 0.2) is 0 Å². The van der Waals surface area contributed by atoms with Crippen molar-refractivity contribution in [3.05, 3.63) is 69.7 Å². The highest BCUT2D eigenvalue weighted by Crippen LogP contribution is 2.23. The molecule has 0 fully saturated rings. The van der Waals surface area contributed by atoms with Gasteiger partial charge in [-0.05, 0) is 42.7 Å². The summed E-state index contributed by atoms with van der Waals surface area (Å²) >= 11 is 11.8. The van der Waals surface area contributed by atoms with Gasteiger partial charge in [0.1, 0.15) is 0 Å². The molecule has 0 bridgehead atoms. The second-order valence-electron chi connectivity index (χ2n) is 4.97. The number of hydrazine groups is 1. The lowest BCUT2D eigenvalue weighted by Gasteiger charge is -2.07. The normalized spacial score (nSPS) is 10.2. The van der Waals surface area contributed by atoms with Crippen LogP contribution in [0.3, 0.4) is 0 Å². The lowest BCUT2D eigenvalue weighted by Crippen LogP contribution is -2.41. The second kappa shape index (κ2) is 8.56. The van der Waals surface area contributed by atoms with E-state index in [1.807, 2.05) is 12.1 Å². The minimum Gasteiger partial charge on any atom is -0.273 e. The van der Waals surface area contributed by atoms with Crippen molar-refractivity contribution in [1.82, 2.24) is 10.9 Å². The van der Waals surface area contributed by atoms with Gasteiger partial charge in [0.05, 0.1) is 10.0 Å². The van der Waals surface area contributed by atoms with E-state index in [0.29, 0.717) is 34.9 Å². The molecule has 0 aromatic heterocycles.